The third kappa shape index (κ3) is 8.42. The van der Waals surface area contributed by atoms with Crippen molar-refractivity contribution in [2.75, 3.05) is 0 Å². The van der Waals surface area contributed by atoms with Gasteiger partial charge in [-0.3, -0.25) is 0 Å². The summed E-state index contributed by atoms with van der Waals surface area (Å²) in [6.07, 6.45) is 17.9. The summed E-state index contributed by atoms with van der Waals surface area (Å²) < 4.78 is 11.9. The quantitative estimate of drug-likeness (QED) is 0.104. The predicted octanol–water partition coefficient (Wildman–Crippen LogP) is 7.32. The molecular formula is C28H35N5O2. The number of aromatic nitrogens is 2. The minimum absolute atomic E-state index is 0.400. The molecule has 0 spiro atoms. The summed E-state index contributed by atoms with van der Waals surface area (Å²) in [5.41, 5.74) is 2.84. The van der Waals surface area contributed by atoms with Gasteiger partial charge >= 0.3 is 0 Å². The summed E-state index contributed by atoms with van der Waals surface area (Å²) in [6.45, 7) is 15.4. The van der Waals surface area contributed by atoms with Crippen LogP contribution in [0, 0.1) is 11.3 Å². The first kappa shape index (κ1) is 27.3. The van der Waals surface area contributed by atoms with Crippen molar-refractivity contribution in [3.05, 3.63) is 89.4 Å². The molecule has 0 atom stereocenters. The van der Waals surface area contributed by atoms with Crippen molar-refractivity contribution in [2.24, 2.45) is 5.10 Å². The predicted molar refractivity (Wildman–Crippen MR) is 141 cm³/mol. The Morgan fingerprint density at radius 1 is 1.20 bits per heavy atom. The molecule has 1 fully saturated rings. The van der Waals surface area contributed by atoms with Crippen molar-refractivity contribution in [3.63, 3.8) is 0 Å². The monoisotopic (exact) mass is 473 g/mol. The molecule has 0 N–H and O–H groups in total. The molecule has 0 saturated heterocycles. The van der Waals surface area contributed by atoms with Crippen molar-refractivity contribution in [1.82, 2.24) is 15.2 Å². The highest BCUT2D eigenvalue weighted by atomic mass is 16.5. The van der Waals surface area contributed by atoms with E-state index in [0.29, 0.717) is 40.4 Å². The summed E-state index contributed by atoms with van der Waals surface area (Å²) in [5, 5.41) is 23.6. The van der Waals surface area contributed by atoms with E-state index in [1.165, 1.54) is 0 Å². The largest absolute Gasteiger partial charge is 0.460 e. The van der Waals surface area contributed by atoms with Gasteiger partial charge in [0.05, 0.1) is 17.5 Å². The van der Waals surface area contributed by atoms with Gasteiger partial charge in [0.1, 0.15) is 11.5 Å². The minimum atomic E-state index is 0.400. The minimum Gasteiger partial charge on any atom is -0.460 e. The molecule has 0 unspecified atom stereocenters. The Bertz CT molecular complexity index is 1150. The smallest absolute Gasteiger partial charge is 0.247 e. The van der Waals surface area contributed by atoms with Gasteiger partial charge in [-0.05, 0) is 90.3 Å². The van der Waals surface area contributed by atoms with E-state index in [-0.39, 0.29) is 0 Å². The molecule has 1 aromatic rings. The second kappa shape index (κ2) is 13.7. The zero-order valence-corrected chi connectivity index (χ0v) is 21.6. The van der Waals surface area contributed by atoms with Crippen LogP contribution in [0.4, 0.5) is 0 Å². The van der Waals surface area contributed by atoms with E-state index in [0.717, 1.165) is 30.7 Å². The Morgan fingerprint density at radius 3 is 2.54 bits per heavy atom. The first-order valence-corrected chi connectivity index (χ1v) is 11.8. The number of nitriles is 1. The Labute approximate surface area is 208 Å². The number of ether oxygens (including phenoxy) is 1. The number of nitrogens with zero attached hydrogens (tertiary/aromatic N) is 5. The molecule has 0 aliphatic heterocycles. The normalized spacial score (nSPS) is 16.2. The van der Waals surface area contributed by atoms with Crippen LogP contribution in [0.25, 0.3) is 5.57 Å². The van der Waals surface area contributed by atoms with Gasteiger partial charge in [-0.15, -0.1) is 10.2 Å². The van der Waals surface area contributed by atoms with E-state index < -0.39 is 0 Å². The molecule has 1 aliphatic carbocycles. The van der Waals surface area contributed by atoms with Gasteiger partial charge in [-0.25, -0.2) is 5.01 Å². The fourth-order valence-electron chi connectivity index (χ4n) is 2.85. The van der Waals surface area contributed by atoms with Crippen molar-refractivity contribution in [2.45, 2.75) is 66.7 Å². The molecule has 7 nitrogen and oxygen atoms in total. The van der Waals surface area contributed by atoms with Crippen molar-refractivity contribution in [1.29, 1.82) is 5.26 Å². The zero-order chi connectivity index (χ0) is 25.8. The van der Waals surface area contributed by atoms with Gasteiger partial charge in [0.2, 0.25) is 11.8 Å². The summed E-state index contributed by atoms with van der Waals surface area (Å²) in [6, 6.07) is 2.14. The Morgan fingerprint density at radius 2 is 1.94 bits per heavy atom. The molecule has 1 saturated carbocycles. The van der Waals surface area contributed by atoms with Gasteiger partial charge in [0.25, 0.3) is 0 Å². The number of allylic oxidation sites excluding steroid dienone is 11. The average molecular weight is 474 g/mol. The highest BCUT2D eigenvalue weighted by Gasteiger charge is 2.29. The van der Waals surface area contributed by atoms with Crippen LogP contribution in [0.1, 0.15) is 78.5 Å². The number of hydrogen-bond donors (Lipinski definition) is 0. The lowest BCUT2D eigenvalue weighted by Gasteiger charge is -2.23. The summed E-state index contributed by atoms with van der Waals surface area (Å²) in [4.78, 5) is 0. The van der Waals surface area contributed by atoms with E-state index in [2.05, 4.69) is 34.9 Å². The molecule has 7 heteroatoms. The van der Waals surface area contributed by atoms with E-state index in [4.69, 9.17) is 14.4 Å². The number of hydrogen-bond acceptors (Lipinski definition) is 7. The fourth-order valence-corrected chi connectivity index (χ4v) is 2.85. The third-order valence-electron chi connectivity index (χ3n) is 5.15. The second-order valence-corrected chi connectivity index (χ2v) is 8.06. The molecule has 0 bridgehead atoms. The third-order valence-corrected chi connectivity index (χ3v) is 5.15. The second-order valence-electron chi connectivity index (χ2n) is 8.06. The van der Waals surface area contributed by atoms with Crippen LogP contribution in [0.5, 0.6) is 0 Å². The van der Waals surface area contributed by atoms with Gasteiger partial charge in [0.15, 0.2) is 0 Å². The van der Waals surface area contributed by atoms with Crippen molar-refractivity contribution < 1.29 is 9.15 Å². The van der Waals surface area contributed by atoms with E-state index in [1.54, 1.807) is 30.3 Å². The molecule has 0 radical (unpaired) electrons. The van der Waals surface area contributed by atoms with Crippen LogP contribution >= 0.6 is 0 Å². The molecule has 0 aromatic carbocycles. The Balaban J connectivity index is 2.24. The van der Waals surface area contributed by atoms with E-state index >= 15 is 0 Å². The molecule has 1 heterocycles. The van der Waals surface area contributed by atoms with Crippen LogP contribution in [0.15, 0.2) is 87.1 Å². The van der Waals surface area contributed by atoms with Gasteiger partial charge < -0.3 is 9.15 Å². The molecular weight excluding hydrogens is 438 g/mol. The van der Waals surface area contributed by atoms with Crippen molar-refractivity contribution in [3.8, 4) is 6.07 Å². The number of rotatable bonds is 12. The Hall–Kier alpha value is -3.92. The molecule has 0 amide bonds. The maximum atomic E-state index is 9.11. The highest BCUT2D eigenvalue weighted by Crippen LogP contribution is 2.39. The van der Waals surface area contributed by atoms with Crippen molar-refractivity contribution >= 4 is 11.8 Å². The van der Waals surface area contributed by atoms with E-state index in [1.807, 2.05) is 58.1 Å². The topological polar surface area (TPSA) is 87.5 Å². The lowest BCUT2D eigenvalue weighted by atomic mass is 10.2. The van der Waals surface area contributed by atoms with Crippen LogP contribution < -0.4 is 0 Å². The molecule has 2 rings (SSSR count). The van der Waals surface area contributed by atoms with Gasteiger partial charge in [-0.1, -0.05) is 19.6 Å². The Kier molecular flexibility index (Phi) is 10.7. The lowest BCUT2D eigenvalue weighted by molar-refractivity contribution is 0.296. The first-order chi connectivity index (χ1) is 16.8. The van der Waals surface area contributed by atoms with E-state index in [9.17, 15) is 0 Å². The molecule has 1 aromatic heterocycles. The summed E-state index contributed by atoms with van der Waals surface area (Å²) >= 11 is 0. The van der Waals surface area contributed by atoms with Crippen LogP contribution in [-0.2, 0) is 4.74 Å². The molecule has 1 aliphatic rings. The summed E-state index contributed by atoms with van der Waals surface area (Å²) in [5.74, 6) is 2.81. The van der Waals surface area contributed by atoms with Crippen LogP contribution in [0.3, 0.4) is 0 Å². The average Bonchev–Trinajstić information content (AvgIpc) is 3.60. The lowest BCUT2D eigenvalue weighted by Crippen LogP contribution is -2.16. The first-order valence-electron chi connectivity index (χ1n) is 11.8. The number of hydrazone groups is 1. The fraction of sp³-hybridized carbons (Fsp3) is 0.357. The molecule has 184 valence electrons. The van der Waals surface area contributed by atoms with Crippen LogP contribution in [-0.4, -0.2) is 21.4 Å². The van der Waals surface area contributed by atoms with Gasteiger partial charge in [0, 0.05) is 23.3 Å². The van der Waals surface area contributed by atoms with Gasteiger partial charge in [-0.2, -0.15) is 10.4 Å². The maximum Gasteiger partial charge on any atom is 0.247 e. The zero-order valence-electron chi connectivity index (χ0n) is 21.6. The standard InChI is InChI=1S/C28H35N5O2/c1-8-11-12-25(17-13-20(4)19-29)33(30-10-3)22(6)23(7)34-26(9-2)18-14-21(5)27-31-32-28(35-27)24-15-16-24/h9-14,17-18,24H,5,8,15-16H2,1-4,6-7H3/b12-11+,18-14-,20-13+,23-22+,25-17+,26-9+,30-10+. The summed E-state index contributed by atoms with van der Waals surface area (Å²) in [7, 11) is 0. The molecule has 35 heavy (non-hydrogen) atoms. The van der Waals surface area contributed by atoms with Crippen LogP contribution in [0.2, 0.25) is 0 Å². The SMILES string of the molecule is C=C(/C=C\C(=C/C)O/C(C)=C(\C)N(/N=C/C)C(/C=C/CC)=C/C=C(\C)C#N)c1nnc(C2CC2)o1. The maximum absolute atomic E-state index is 9.11. The highest BCUT2D eigenvalue weighted by molar-refractivity contribution is 5.66.